The van der Waals surface area contributed by atoms with Gasteiger partial charge in [0.25, 0.3) is 0 Å². The van der Waals surface area contributed by atoms with Crippen LogP contribution in [0.15, 0.2) is 24.3 Å². The van der Waals surface area contributed by atoms with Gasteiger partial charge in [-0.25, -0.2) is 0 Å². The van der Waals surface area contributed by atoms with Crippen molar-refractivity contribution < 1.29 is 9.53 Å². The highest BCUT2D eigenvalue weighted by molar-refractivity contribution is 5.85. The summed E-state index contributed by atoms with van der Waals surface area (Å²) in [7, 11) is 1.62. The molecule has 1 amide bonds. The van der Waals surface area contributed by atoms with E-state index in [4.69, 9.17) is 10.5 Å². The fourth-order valence-corrected chi connectivity index (χ4v) is 2.09. The predicted octanol–water partition coefficient (Wildman–Crippen LogP) is 2.85. The van der Waals surface area contributed by atoms with Crippen molar-refractivity contribution in [3.05, 3.63) is 29.8 Å². The van der Waals surface area contributed by atoms with Crippen molar-refractivity contribution in [1.29, 1.82) is 0 Å². The lowest BCUT2D eigenvalue weighted by Crippen LogP contribution is -2.42. The fraction of sp³-hybridized carbons (Fsp3) is 0.562. The van der Waals surface area contributed by atoms with Gasteiger partial charge in [-0.15, -0.1) is 12.4 Å². The molecule has 2 atom stereocenters. The van der Waals surface area contributed by atoms with Gasteiger partial charge in [-0.2, -0.15) is 0 Å². The Morgan fingerprint density at radius 3 is 2.71 bits per heavy atom. The SMILES string of the molecule is CCCCC(CN)NC(=O)C(C)c1cccc(OC)c1.Cl. The Labute approximate surface area is 133 Å². The number of rotatable bonds is 8. The summed E-state index contributed by atoms with van der Waals surface area (Å²) in [6.07, 6.45) is 3.12. The third kappa shape index (κ3) is 6.36. The van der Waals surface area contributed by atoms with Crippen LogP contribution in [0.25, 0.3) is 0 Å². The maximum atomic E-state index is 12.3. The van der Waals surface area contributed by atoms with Crippen molar-refractivity contribution in [1.82, 2.24) is 5.32 Å². The molecule has 0 aliphatic rings. The van der Waals surface area contributed by atoms with E-state index in [0.717, 1.165) is 30.6 Å². The van der Waals surface area contributed by atoms with E-state index >= 15 is 0 Å². The van der Waals surface area contributed by atoms with Gasteiger partial charge in [0.1, 0.15) is 5.75 Å². The van der Waals surface area contributed by atoms with Gasteiger partial charge in [-0.3, -0.25) is 4.79 Å². The summed E-state index contributed by atoms with van der Waals surface area (Å²) in [5.41, 5.74) is 6.66. The number of methoxy groups -OCH3 is 1. The molecule has 0 heterocycles. The summed E-state index contributed by atoms with van der Waals surface area (Å²) in [6, 6.07) is 7.67. The second-order valence-electron chi connectivity index (χ2n) is 5.08. The minimum atomic E-state index is -0.208. The van der Waals surface area contributed by atoms with E-state index in [0.29, 0.717) is 6.54 Å². The molecule has 21 heavy (non-hydrogen) atoms. The minimum Gasteiger partial charge on any atom is -0.497 e. The quantitative estimate of drug-likeness (QED) is 0.775. The third-order valence-electron chi connectivity index (χ3n) is 3.52. The van der Waals surface area contributed by atoms with Crippen LogP contribution in [0.4, 0.5) is 0 Å². The van der Waals surface area contributed by atoms with Gasteiger partial charge in [0.2, 0.25) is 5.91 Å². The summed E-state index contributed by atoms with van der Waals surface area (Å²) in [4.78, 5) is 12.3. The second kappa shape index (κ2) is 10.5. The van der Waals surface area contributed by atoms with Crippen LogP contribution < -0.4 is 15.8 Å². The van der Waals surface area contributed by atoms with E-state index in [1.54, 1.807) is 7.11 Å². The van der Waals surface area contributed by atoms with Crippen LogP contribution in [0, 0.1) is 0 Å². The van der Waals surface area contributed by atoms with Crippen molar-refractivity contribution >= 4 is 18.3 Å². The molecule has 3 N–H and O–H groups in total. The molecule has 4 nitrogen and oxygen atoms in total. The first-order valence-electron chi connectivity index (χ1n) is 7.26. The van der Waals surface area contributed by atoms with Crippen molar-refractivity contribution in [3.8, 4) is 5.75 Å². The van der Waals surface area contributed by atoms with E-state index in [1.807, 2.05) is 31.2 Å². The van der Waals surface area contributed by atoms with Gasteiger partial charge in [0.05, 0.1) is 13.0 Å². The molecule has 0 saturated carbocycles. The Balaban J connectivity index is 0.00000400. The summed E-state index contributed by atoms with van der Waals surface area (Å²) in [6.45, 7) is 4.52. The number of hydrogen-bond acceptors (Lipinski definition) is 3. The van der Waals surface area contributed by atoms with Crippen LogP contribution in [-0.4, -0.2) is 25.6 Å². The number of amides is 1. The minimum absolute atomic E-state index is 0. The first-order chi connectivity index (χ1) is 9.62. The molecule has 0 saturated heterocycles. The van der Waals surface area contributed by atoms with Crippen molar-refractivity contribution in [2.45, 2.75) is 45.1 Å². The highest BCUT2D eigenvalue weighted by Gasteiger charge is 2.18. The summed E-state index contributed by atoms with van der Waals surface area (Å²) < 4.78 is 5.19. The lowest BCUT2D eigenvalue weighted by atomic mass is 9.99. The summed E-state index contributed by atoms with van der Waals surface area (Å²) >= 11 is 0. The third-order valence-corrected chi connectivity index (χ3v) is 3.52. The summed E-state index contributed by atoms with van der Waals surface area (Å²) in [5.74, 6) is 0.578. The van der Waals surface area contributed by atoms with Gasteiger partial charge in [-0.05, 0) is 31.0 Å². The normalized spacial score (nSPS) is 13.0. The highest BCUT2D eigenvalue weighted by atomic mass is 35.5. The van der Waals surface area contributed by atoms with E-state index in [1.165, 1.54) is 0 Å². The van der Waals surface area contributed by atoms with Gasteiger partial charge in [0.15, 0.2) is 0 Å². The van der Waals surface area contributed by atoms with E-state index < -0.39 is 0 Å². The number of nitrogens with one attached hydrogen (secondary N) is 1. The number of benzene rings is 1. The molecule has 0 bridgehead atoms. The van der Waals surface area contributed by atoms with Gasteiger partial charge >= 0.3 is 0 Å². The van der Waals surface area contributed by atoms with Crippen LogP contribution >= 0.6 is 12.4 Å². The molecule has 1 aromatic rings. The monoisotopic (exact) mass is 314 g/mol. The smallest absolute Gasteiger partial charge is 0.227 e. The van der Waals surface area contributed by atoms with Crippen LogP contribution in [0.5, 0.6) is 5.75 Å². The molecular weight excluding hydrogens is 288 g/mol. The number of unbranched alkanes of at least 4 members (excludes halogenated alkanes) is 1. The first kappa shape index (κ1) is 19.7. The van der Waals surface area contributed by atoms with Gasteiger partial charge in [-0.1, -0.05) is 31.9 Å². The predicted molar refractivity (Wildman–Crippen MR) is 89.2 cm³/mol. The molecule has 1 aromatic carbocycles. The van der Waals surface area contributed by atoms with Gasteiger partial charge < -0.3 is 15.8 Å². The maximum Gasteiger partial charge on any atom is 0.227 e. The topological polar surface area (TPSA) is 64.3 Å². The number of hydrogen-bond donors (Lipinski definition) is 2. The molecule has 0 radical (unpaired) electrons. The van der Waals surface area contributed by atoms with E-state index in [2.05, 4.69) is 12.2 Å². The van der Waals surface area contributed by atoms with Crippen LogP contribution in [-0.2, 0) is 4.79 Å². The molecule has 0 aliphatic heterocycles. The molecule has 120 valence electrons. The molecule has 0 spiro atoms. The number of nitrogens with two attached hydrogens (primary N) is 1. The molecular formula is C16H27ClN2O2. The Morgan fingerprint density at radius 1 is 1.43 bits per heavy atom. The zero-order valence-electron chi connectivity index (χ0n) is 13.1. The van der Waals surface area contributed by atoms with Crippen LogP contribution in [0.3, 0.4) is 0 Å². The van der Waals surface area contributed by atoms with Crippen molar-refractivity contribution in [2.75, 3.05) is 13.7 Å². The highest BCUT2D eigenvalue weighted by Crippen LogP contribution is 2.21. The van der Waals surface area contributed by atoms with Gasteiger partial charge in [0, 0.05) is 12.6 Å². The molecule has 0 aromatic heterocycles. The van der Waals surface area contributed by atoms with E-state index in [9.17, 15) is 4.79 Å². The summed E-state index contributed by atoms with van der Waals surface area (Å²) in [5, 5.41) is 3.03. The molecule has 1 rings (SSSR count). The fourth-order valence-electron chi connectivity index (χ4n) is 2.09. The maximum absolute atomic E-state index is 12.3. The average Bonchev–Trinajstić information content (AvgIpc) is 2.50. The Hall–Kier alpha value is -1.26. The van der Waals surface area contributed by atoms with E-state index in [-0.39, 0.29) is 30.3 Å². The Morgan fingerprint density at radius 2 is 2.14 bits per heavy atom. The van der Waals surface area contributed by atoms with Crippen LogP contribution in [0.1, 0.15) is 44.6 Å². The lowest BCUT2D eigenvalue weighted by molar-refractivity contribution is -0.122. The average molecular weight is 315 g/mol. The zero-order chi connectivity index (χ0) is 15.0. The molecule has 0 fully saturated rings. The van der Waals surface area contributed by atoms with Crippen molar-refractivity contribution in [3.63, 3.8) is 0 Å². The number of halogens is 1. The Kier molecular flexibility index (Phi) is 9.84. The molecule has 0 aliphatic carbocycles. The Bertz CT molecular complexity index is 426. The second-order valence-corrected chi connectivity index (χ2v) is 5.08. The molecule has 5 heteroatoms. The van der Waals surface area contributed by atoms with Crippen LogP contribution in [0.2, 0.25) is 0 Å². The standard InChI is InChI=1S/C16H26N2O2.ClH/c1-4-5-8-14(11-17)18-16(19)12(2)13-7-6-9-15(10-13)20-3;/h6-7,9-10,12,14H,4-5,8,11,17H2,1-3H3,(H,18,19);1H. The molecule has 2 unspecified atom stereocenters. The largest absolute Gasteiger partial charge is 0.497 e. The van der Waals surface area contributed by atoms with Crippen molar-refractivity contribution in [2.24, 2.45) is 5.73 Å². The number of carbonyl (C=O) groups is 1. The zero-order valence-corrected chi connectivity index (χ0v) is 13.9. The lowest BCUT2D eigenvalue weighted by Gasteiger charge is -2.20. The first-order valence-corrected chi connectivity index (χ1v) is 7.26. The number of ether oxygens (including phenoxy) is 1. The number of carbonyl (C=O) groups excluding carboxylic acids is 1.